The molecule has 1 fully saturated rings. The second-order valence-electron chi connectivity index (χ2n) is 7.58. The molecule has 0 amide bonds. The first kappa shape index (κ1) is 17.9. The molecular weight excluding hydrogens is 250 g/mol. The summed E-state index contributed by atoms with van der Waals surface area (Å²) in [6, 6.07) is 0.314. The molecule has 0 aromatic heterocycles. The van der Waals surface area contributed by atoms with E-state index >= 15 is 0 Å². The second-order valence-corrected chi connectivity index (χ2v) is 7.58. The fourth-order valence-electron chi connectivity index (χ4n) is 3.70. The van der Waals surface area contributed by atoms with Crippen LogP contribution in [0.4, 0.5) is 0 Å². The molecule has 1 aliphatic heterocycles. The standard InChI is InChI=1S/C17H35NO2/c1-9-11-18-14(17(7,10-2)19-8)13-12-15(3,4)20-16(13,5)6/h13-14,18H,9-12H2,1-8H3. The Morgan fingerprint density at radius 1 is 1.30 bits per heavy atom. The van der Waals surface area contributed by atoms with Crippen LogP contribution in [-0.4, -0.2) is 36.5 Å². The molecule has 1 rings (SSSR count). The van der Waals surface area contributed by atoms with Gasteiger partial charge in [-0.3, -0.25) is 0 Å². The molecule has 0 aromatic carbocycles. The maximum atomic E-state index is 6.30. The number of nitrogens with one attached hydrogen (secondary N) is 1. The molecule has 0 bridgehead atoms. The summed E-state index contributed by atoms with van der Waals surface area (Å²) in [5.74, 6) is 0.453. The minimum atomic E-state index is -0.152. The highest BCUT2D eigenvalue weighted by Gasteiger charge is 2.53. The largest absolute Gasteiger partial charge is 0.377 e. The van der Waals surface area contributed by atoms with Gasteiger partial charge in [0.2, 0.25) is 0 Å². The summed E-state index contributed by atoms with van der Waals surface area (Å²) in [6.07, 6.45) is 3.20. The van der Waals surface area contributed by atoms with Gasteiger partial charge in [0.05, 0.1) is 16.8 Å². The van der Waals surface area contributed by atoms with E-state index in [0.29, 0.717) is 12.0 Å². The van der Waals surface area contributed by atoms with Crippen molar-refractivity contribution >= 4 is 0 Å². The van der Waals surface area contributed by atoms with Crippen LogP contribution in [0.5, 0.6) is 0 Å². The van der Waals surface area contributed by atoms with Crippen LogP contribution in [0.15, 0.2) is 0 Å². The molecule has 1 saturated heterocycles. The Balaban J connectivity index is 3.04. The first-order valence-corrected chi connectivity index (χ1v) is 8.10. The molecule has 120 valence electrons. The zero-order valence-electron chi connectivity index (χ0n) is 14.8. The van der Waals surface area contributed by atoms with Crippen molar-refractivity contribution in [2.45, 2.75) is 90.6 Å². The Kier molecular flexibility index (Phi) is 5.67. The average molecular weight is 285 g/mol. The van der Waals surface area contributed by atoms with Gasteiger partial charge in [-0.1, -0.05) is 13.8 Å². The first-order valence-electron chi connectivity index (χ1n) is 8.10. The third-order valence-corrected chi connectivity index (χ3v) is 4.99. The normalized spacial score (nSPS) is 29.1. The van der Waals surface area contributed by atoms with Gasteiger partial charge >= 0.3 is 0 Å². The van der Waals surface area contributed by atoms with Crippen LogP contribution in [0, 0.1) is 5.92 Å². The van der Waals surface area contributed by atoms with Crippen molar-refractivity contribution in [3.05, 3.63) is 0 Å². The van der Waals surface area contributed by atoms with E-state index in [9.17, 15) is 0 Å². The van der Waals surface area contributed by atoms with Crippen molar-refractivity contribution in [2.75, 3.05) is 13.7 Å². The van der Waals surface area contributed by atoms with Gasteiger partial charge in [0.15, 0.2) is 0 Å². The van der Waals surface area contributed by atoms with Gasteiger partial charge in [-0.05, 0) is 60.4 Å². The Morgan fingerprint density at radius 3 is 2.25 bits per heavy atom. The lowest BCUT2D eigenvalue weighted by molar-refractivity contribution is -0.0995. The monoisotopic (exact) mass is 285 g/mol. The maximum absolute atomic E-state index is 6.30. The number of methoxy groups -OCH3 is 1. The Bertz CT molecular complexity index is 308. The van der Waals surface area contributed by atoms with Crippen molar-refractivity contribution in [2.24, 2.45) is 5.92 Å². The molecule has 0 saturated carbocycles. The summed E-state index contributed by atoms with van der Waals surface area (Å²) >= 11 is 0. The molecule has 0 aliphatic carbocycles. The van der Waals surface area contributed by atoms with E-state index in [-0.39, 0.29) is 16.8 Å². The smallest absolute Gasteiger partial charge is 0.0804 e. The van der Waals surface area contributed by atoms with E-state index in [1.807, 2.05) is 7.11 Å². The van der Waals surface area contributed by atoms with Gasteiger partial charge in [0.1, 0.15) is 0 Å². The molecule has 0 spiro atoms. The summed E-state index contributed by atoms with van der Waals surface area (Å²) in [4.78, 5) is 0. The molecule has 3 unspecified atom stereocenters. The van der Waals surface area contributed by atoms with E-state index in [4.69, 9.17) is 9.47 Å². The van der Waals surface area contributed by atoms with Crippen LogP contribution in [0.25, 0.3) is 0 Å². The third kappa shape index (κ3) is 3.75. The molecule has 3 heteroatoms. The molecular formula is C17H35NO2. The predicted molar refractivity (Wildman–Crippen MR) is 85.1 cm³/mol. The Labute approximate surface area is 125 Å². The van der Waals surface area contributed by atoms with Gasteiger partial charge in [-0.15, -0.1) is 0 Å². The van der Waals surface area contributed by atoms with E-state index in [1.54, 1.807) is 0 Å². The number of ether oxygens (including phenoxy) is 2. The molecule has 1 aliphatic rings. The highest BCUT2D eigenvalue weighted by atomic mass is 16.5. The Hall–Kier alpha value is -0.120. The number of hydrogen-bond donors (Lipinski definition) is 1. The quantitative estimate of drug-likeness (QED) is 0.772. The van der Waals surface area contributed by atoms with Crippen molar-refractivity contribution in [1.29, 1.82) is 0 Å². The van der Waals surface area contributed by atoms with Crippen LogP contribution in [0.2, 0.25) is 0 Å². The second kappa shape index (κ2) is 6.33. The lowest BCUT2D eigenvalue weighted by Crippen LogP contribution is -2.57. The zero-order chi connectivity index (χ0) is 15.6. The van der Waals surface area contributed by atoms with Gasteiger partial charge in [0.25, 0.3) is 0 Å². The van der Waals surface area contributed by atoms with Crippen LogP contribution >= 0.6 is 0 Å². The lowest BCUT2D eigenvalue weighted by Gasteiger charge is -2.43. The molecule has 0 aromatic rings. The Morgan fingerprint density at radius 2 is 1.90 bits per heavy atom. The SMILES string of the molecule is CCCNC(C1CC(C)(C)OC1(C)C)C(C)(CC)OC. The molecule has 20 heavy (non-hydrogen) atoms. The maximum Gasteiger partial charge on any atom is 0.0804 e. The van der Waals surface area contributed by atoms with Crippen LogP contribution in [0.3, 0.4) is 0 Å². The number of hydrogen-bond acceptors (Lipinski definition) is 3. The summed E-state index contributed by atoms with van der Waals surface area (Å²) in [5.41, 5.74) is -0.326. The van der Waals surface area contributed by atoms with Crippen LogP contribution < -0.4 is 5.32 Å². The fourth-order valence-corrected chi connectivity index (χ4v) is 3.70. The summed E-state index contributed by atoms with van der Waals surface area (Å²) < 4.78 is 12.2. The summed E-state index contributed by atoms with van der Waals surface area (Å²) in [5, 5.41) is 3.74. The number of rotatable bonds is 7. The van der Waals surface area contributed by atoms with E-state index in [1.165, 1.54) is 0 Å². The zero-order valence-corrected chi connectivity index (χ0v) is 14.8. The lowest BCUT2D eigenvalue weighted by atomic mass is 9.74. The van der Waals surface area contributed by atoms with Crippen LogP contribution in [0.1, 0.15) is 67.7 Å². The minimum Gasteiger partial charge on any atom is -0.377 e. The average Bonchev–Trinajstić information content (AvgIpc) is 2.57. The van der Waals surface area contributed by atoms with E-state index in [2.05, 4.69) is 53.8 Å². The highest BCUT2D eigenvalue weighted by Crippen LogP contribution is 2.46. The molecule has 0 radical (unpaired) electrons. The van der Waals surface area contributed by atoms with E-state index in [0.717, 1.165) is 25.8 Å². The van der Waals surface area contributed by atoms with Gasteiger partial charge in [-0.25, -0.2) is 0 Å². The molecule has 3 atom stereocenters. The first-order chi connectivity index (χ1) is 9.12. The predicted octanol–water partition coefficient (Wildman–Crippen LogP) is 3.76. The highest BCUT2D eigenvalue weighted by molar-refractivity contribution is 5.05. The minimum absolute atomic E-state index is 0.0529. The van der Waals surface area contributed by atoms with Gasteiger partial charge in [0, 0.05) is 19.1 Å². The van der Waals surface area contributed by atoms with E-state index < -0.39 is 0 Å². The van der Waals surface area contributed by atoms with Crippen molar-refractivity contribution in [1.82, 2.24) is 5.32 Å². The summed E-state index contributed by atoms with van der Waals surface area (Å²) in [6.45, 7) is 16.5. The third-order valence-electron chi connectivity index (χ3n) is 4.99. The van der Waals surface area contributed by atoms with Crippen molar-refractivity contribution < 1.29 is 9.47 Å². The molecule has 3 nitrogen and oxygen atoms in total. The molecule has 1 heterocycles. The molecule has 1 N–H and O–H groups in total. The topological polar surface area (TPSA) is 30.5 Å². The van der Waals surface area contributed by atoms with Crippen molar-refractivity contribution in [3.63, 3.8) is 0 Å². The summed E-state index contributed by atoms with van der Waals surface area (Å²) in [7, 11) is 1.83. The van der Waals surface area contributed by atoms with Crippen molar-refractivity contribution in [3.8, 4) is 0 Å². The van der Waals surface area contributed by atoms with Crippen LogP contribution in [-0.2, 0) is 9.47 Å². The van der Waals surface area contributed by atoms with Gasteiger partial charge in [-0.2, -0.15) is 0 Å². The van der Waals surface area contributed by atoms with Gasteiger partial charge < -0.3 is 14.8 Å². The fraction of sp³-hybridized carbons (Fsp3) is 1.00.